The Morgan fingerprint density at radius 2 is 2.18 bits per heavy atom. The van der Waals surface area contributed by atoms with Crippen LogP contribution in [0.15, 0.2) is 29.0 Å². The molecule has 10 heteroatoms. The molecule has 0 aliphatic carbocycles. The number of amides is 1. The van der Waals surface area contributed by atoms with Crippen LogP contribution in [0.5, 0.6) is 0 Å². The molecule has 148 valence electrons. The Balaban J connectivity index is 0.00000225. The lowest BCUT2D eigenvalue weighted by Gasteiger charge is -2.14. The summed E-state index contributed by atoms with van der Waals surface area (Å²) in [6.45, 7) is 3.65. The van der Waals surface area contributed by atoms with Crippen LogP contribution in [-0.4, -0.2) is 44.1 Å². The van der Waals surface area contributed by atoms with Crippen molar-refractivity contribution in [2.45, 2.75) is 26.4 Å². The molecule has 0 radical (unpaired) electrons. The monoisotopic (exact) mass is 406 g/mol. The molecule has 1 aliphatic heterocycles. The molecule has 28 heavy (non-hydrogen) atoms. The zero-order valence-corrected chi connectivity index (χ0v) is 16.3. The molecule has 1 aromatic carbocycles. The van der Waals surface area contributed by atoms with E-state index in [1.165, 1.54) is 11.0 Å². The van der Waals surface area contributed by atoms with Gasteiger partial charge in [0.15, 0.2) is 0 Å². The fourth-order valence-electron chi connectivity index (χ4n) is 3.13. The van der Waals surface area contributed by atoms with Crippen LogP contribution < -0.4 is 5.32 Å². The third-order valence-electron chi connectivity index (χ3n) is 4.45. The van der Waals surface area contributed by atoms with Crippen LogP contribution in [-0.2, 0) is 13.1 Å². The molecule has 0 atom stereocenters. The Labute approximate surface area is 167 Å². The van der Waals surface area contributed by atoms with Gasteiger partial charge in [0.1, 0.15) is 17.8 Å². The Hall–Kier alpha value is -2.78. The fraction of sp³-hybridized carbons (Fsp3) is 0.333. The van der Waals surface area contributed by atoms with E-state index in [0.29, 0.717) is 35.3 Å². The molecule has 0 unspecified atom stereocenters. The highest BCUT2D eigenvalue weighted by atomic mass is 35.5. The minimum Gasteiger partial charge on any atom is -0.337 e. The highest BCUT2D eigenvalue weighted by molar-refractivity contribution is 5.98. The Morgan fingerprint density at radius 3 is 2.96 bits per heavy atom. The SMILES string of the molecule is CCCNCc1nc(-c2ncn3c2CN(C)C(=O)c2c(F)cccc2-3)no1.Cl. The molecule has 3 aromatic rings. The van der Waals surface area contributed by atoms with E-state index in [4.69, 9.17) is 4.52 Å². The van der Waals surface area contributed by atoms with Gasteiger partial charge in [0.25, 0.3) is 5.91 Å². The molecule has 0 spiro atoms. The molecule has 4 rings (SSSR count). The average Bonchev–Trinajstić information content (AvgIpc) is 3.25. The molecule has 1 amide bonds. The summed E-state index contributed by atoms with van der Waals surface area (Å²) in [7, 11) is 1.63. The first-order valence-corrected chi connectivity index (χ1v) is 8.74. The van der Waals surface area contributed by atoms with E-state index in [9.17, 15) is 9.18 Å². The van der Waals surface area contributed by atoms with Crippen LogP contribution in [0.3, 0.4) is 0 Å². The van der Waals surface area contributed by atoms with E-state index in [2.05, 4.69) is 27.4 Å². The highest BCUT2D eigenvalue weighted by Crippen LogP contribution is 2.30. The van der Waals surface area contributed by atoms with E-state index >= 15 is 0 Å². The lowest BCUT2D eigenvalue weighted by molar-refractivity contribution is 0.0783. The predicted octanol–water partition coefficient (Wildman–Crippen LogP) is 2.57. The number of halogens is 2. The van der Waals surface area contributed by atoms with Gasteiger partial charge in [-0.15, -0.1) is 12.4 Å². The van der Waals surface area contributed by atoms with Crippen molar-refractivity contribution in [2.24, 2.45) is 0 Å². The molecule has 2 aromatic heterocycles. The first kappa shape index (κ1) is 20.0. The largest absolute Gasteiger partial charge is 0.337 e. The van der Waals surface area contributed by atoms with Crippen LogP contribution in [0.1, 0.15) is 35.3 Å². The van der Waals surface area contributed by atoms with E-state index in [0.717, 1.165) is 13.0 Å². The molecule has 0 bridgehead atoms. The van der Waals surface area contributed by atoms with Gasteiger partial charge in [-0.05, 0) is 25.1 Å². The molecule has 0 saturated carbocycles. The van der Waals surface area contributed by atoms with Crippen LogP contribution >= 0.6 is 12.4 Å². The maximum atomic E-state index is 14.3. The quantitative estimate of drug-likeness (QED) is 0.655. The summed E-state index contributed by atoms with van der Waals surface area (Å²) in [6, 6.07) is 4.55. The first-order valence-electron chi connectivity index (χ1n) is 8.74. The number of aromatic nitrogens is 4. The predicted molar refractivity (Wildman–Crippen MR) is 102 cm³/mol. The Bertz CT molecular complexity index is 1000. The minimum absolute atomic E-state index is 0. The van der Waals surface area contributed by atoms with Gasteiger partial charge in [0.2, 0.25) is 11.7 Å². The summed E-state index contributed by atoms with van der Waals surface area (Å²) in [5, 5.41) is 7.21. The van der Waals surface area contributed by atoms with Crippen LogP contribution in [0.25, 0.3) is 17.2 Å². The third-order valence-corrected chi connectivity index (χ3v) is 4.45. The van der Waals surface area contributed by atoms with Crippen molar-refractivity contribution in [3.8, 4) is 17.2 Å². The standard InChI is InChI=1S/C18H19FN6O2.ClH/c1-3-7-20-8-14-22-17(23-27-14)16-13-9-24(2)18(26)15-11(19)5-4-6-12(15)25(13)10-21-16;/h4-6,10,20H,3,7-9H2,1-2H3;1H. The number of nitrogens with zero attached hydrogens (tertiary/aromatic N) is 5. The normalized spacial score (nSPS) is 13.0. The summed E-state index contributed by atoms with van der Waals surface area (Å²) >= 11 is 0. The van der Waals surface area contributed by atoms with Gasteiger partial charge >= 0.3 is 0 Å². The summed E-state index contributed by atoms with van der Waals surface area (Å²) in [4.78, 5) is 22.9. The number of rotatable bonds is 5. The van der Waals surface area contributed by atoms with E-state index in [1.54, 1.807) is 30.1 Å². The maximum absolute atomic E-state index is 14.3. The van der Waals surface area contributed by atoms with Crippen molar-refractivity contribution >= 4 is 18.3 Å². The number of carbonyl (C=O) groups excluding carboxylic acids is 1. The smallest absolute Gasteiger partial charge is 0.259 e. The van der Waals surface area contributed by atoms with Crippen LogP contribution in [0.2, 0.25) is 0 Å². The van der Waals surface area contributed by atoms with Gasteiger partial charge in [-0.2, -0.15) is 4.98 Å². The number of benzene rings is 1. The van der Waals surface area contributed by atoms with Gasteiger partial charge in [-0.1, -0.05) is 18.1 Å². The Morgan fingerprint density at radius 1 is 1.36 bits per heavy atom. The first-order chi connectivity index (χ1) is 13.1. The second-order valence-corrected chi connectivity index (χ2v) is 6.39. The maximum Gasteiger partial charge on any atom is 0.259 e. The van der Waals surface area contributed by atoms with Crippen LogP contribution in [0, 0.1) is 5.82 Å². The average molecular weight is 407 g/mol. The summed E-state index contributed by atoms with van der Waals surface area (Å²) in [6.07, 6.45) is 2.56. The van der Waals surface area contributed by atoms with Gasteiger partial charge in [-0.25, -0.2) is 9.37 Å². The van der Waals surface area contributed by atoms with Gasteiger partial charge in [-0.3, -0.25) is 9.36 Å². The summed E-state index contributed by atoms with van der Waals surface area (Å²) in [5.74, 6) is -0.130. The zero-order chi connectivity index (χ0) is 19.0. The molecule has 8 nitrogen and oxygen atoms in total. The number of carbonyl (C=O) groups is 1. The van der Waals surface area contributed by atoms with Crippen LogP contribution in [0.4, 0.5) is 4.39 Å². The van der Waals surface area contributed by atoms with Crippen molar-refractivity contribution < 1.29 is 13.7 Å². The molecule has 1 aliphatic rings. The van der Waals surface area contributed by atoms with Gasteiger partial charge in [0, 0.05) is 7.05 Å². The summed E-state index contributed by atoms with van der Waals surface area (Å²) < 4.78 is 21.3. The third kappa shape index (κ3) is 3.38. The topological polar surface area (TPSA) is 89.1 Å². The van der Waals surface area contributed by atoms with Crippen molar-refractivity contribution in [1.29, 1.82) is 0 Å². The van der Waals surface area contributed by atoms with E-state index < -0.39 is 5.82 Å². The molecular weight excluding hydrogens is 387 g/mol. The molecule has 3 heterocycles. The number of hydrogen-bond donors (Lipinski definition) is 1. The summed E-state index contributed by atoms with van der Waals surface area (Å²) in [5.41, 5.74) is 1.69. The lowest BCUT2D eigenvalue weighted by atomic mass is 10.1. The molecule has 0 saturated heterocycles. The minimum atomic E-state index is -0.559. The van der Waals surface area contributed by atoms with Gasteiger partial charge in [0.05, 0.1) is 30.0 Å². The highest BCUT2D eigenvalue weighted by Gasteiger charge is 2.30. The van der Waals surface area contributed by atoms with E-state index in [-0.39, 0.29) is 30.4 Å². The molecule has 0 fully saturated rings. The van der Waals surface area contributed by atoms with Crippen molar-refractivity contribution in [3.63, 3.8) is 0 Å². The van der Waals surface area contributed by atoms with E-state index in [1.807, 2.05) is 0 Å². The van der Waals surface area contributed by atoms with Crippen molar-refractivity contribution in [3.05, 3.63) is 47.5 Å². The van der Waals surface area contributed by atoms with Gasteiger partial charge < -0.3 is 14.7 Å². The number of hydrogen-bond acceptors (Lipinski definition) is 6. The number of nitrogens with one attached hydrogen (secondary N) is 1. The number of fused-ring (bicyclic) bond motifs is 3. The number of imidazole rings is 1. The molecule has 1 N–H and O–H groups in total. The second-order valence-electron chi connectivity index (χ2n) is 6.39. The second kappa shape index (κ2) is 8.07. The van der Waals surface area contributed by atoms with Crippen molar-refractivity contribution in [2.75, 3.05) is 13.6 Å². The fourth-order valence-corrected chi connectivity index (χ4v) is 3.13. The lowest BCUT2D eigenvalue weighted by Crippen LogP contribution is -2.26. The zero-order valence-electron chi connectivity index (χ0n) is 15.5. The Kier molecular flexibility index (Phi) is 5.76. The molecular formula is C18H20ClFN6O2. The van der Waals surface area contributed by atoms with Crippen molar-refractivity contribution in [1.82, 2.24) is 29.9 Å².